The molecule has 7 nitrogen and oxygen atoms in total. The van der Waals surface area contributed by atoms with Crippen molar-refractivity contribution in [3.63, 3.8) is 0 Å². The Morgan fingerprint density at radius 3 is 2.00 bits per heavy atom. The number of nitrogens with zero attached hydrogens (tertiary/aromatic N) is 1. The summed E-state index contributed by atoms with van der Waals surface area (Å²) in [5.74, 6) is 0.402. The Kier molecular flexibility index (Phi) is 6.06. The topological polar surface area (TPSA) is 77.1 Å². The first kappa shape index (κ1) is 19.6. The van der Waals surface area contributed by atoms with Gasteiger partial charge in [-0.1, -0.05) is 12.1 Å². The molecule has 134 valence electrons. The van der Waals surface area contributed by atoms with E-state index < -0.39 is 23.4 Å². The Morgan fingerprint density at radius 1 is 0.958 bits per heavy atom. The Balaban J connectivity index is 3.12. The maximum absolute atomic E-state index is 12.5. The number of hydrogen-bond donors (Lipinski definition) is 1. The first-order valence-electron chi connectivity index (χ1n) is 7.59. The van der Waals surface area contributed by atoms with E-state index in [1.54, 1.807) is 65.8 Å². The van der Waals surface area contributed by atoms with E-state index in [-0.39, 0.29) is 0 Å². The third-order valence-electron chi connectivity index (χ3n) is 2.50. The zero-order valence-corrected chi connectivity index (χ0v) is 15.3. The van der Waals surface area contributed by atoms with Crippen molar-refractivity contribution in [1.82, 2.24) is 5.43 Å². The van der Waals surface area contributed by atoms with Crippen LogP contribution < -0.4 is 15.2 Å². The minimum Gasteiger partial charge on any atom is -0.494 e. The highest BCUT2D eigenvalue weighted by atomic mass is 16.6. The van der Waals surface area contributed by atoms with E-state index >= 15 is 0 Å². The zero-order valence-electron chi connectivity index (χ0n) is 15.3. The molecule has 0 radical (unpaired) electrons. The molecule has 0 saturated heterocycles. The molecule has 7 heteroatoms. The van der Waals surface area contributed by atoms with E-state index in [9.17, 15) is 9.59 Å². The zero-order chi connectivity index (χ0) is 18.5. The second-order valence-corrected chi connectivity index (χ2v) is 7.10. The molecule has 24 heavy (non-hydrogen) atoms. The molecule has 0 aromatic heterocycles. The number of carbonyl (C=O) groups is 2. The molecule has 0 aliphatic heterocycles. The summed E-state index contributed by atoms with van der Waals surface area (Å²) in [6, 6.07) is 6.76. The van der Waals surface area contributed by atoms with Crippen molar-refractivity contribution in [2.75, 3.05) is 12.1 Å². The maximum Gasteiger partial charge on any atom is 0.434 e. The van der Waals surface area contributed by atoms with Crippen LogP contribution in [0.5, 0.6) is 5.75 Å². The van der Waals surface area contributed by atoms with Crippen LogP contribution in [0.4, 0.5) is 15.3 Å². The Morgan fingerprint density at radius 2 is 1.50 bits per heavy atom. The van der Waals surface area contributed by atoms with Crippen LogP contribution >= 0.6 is 0 Å². The first-order valence-corrected chi connectivity index (χ1v) is 7.59. The number of carbonyl (C=O) groups excluding carboxylic acids is 2. The van der Waals surface area contributed by atoms with Crippen LogP contribution in [0.25, 0.3) is 0 Å². The number of anilines is 1. The second-order valence-electron chi connectivity index (χ2n) is 7.10. The molecule has 1 aromatic rings. The molecule has 1 aromatic carbocycles. The number of amides is 2. The molecule has 0 unspecified atom stereocenters. The van der Waals surface area contributed by atoms with Crippen LogP contribution in [0, 0.1) is 0 Å². The fourth-order valence-corrected chi connectivity index (χ4v) is 1.72. The second kappa shape index (κ2) is 7.42. The molecule has 0 fully saturated rings. The number of para-hydroxylation sites is 2. The fourth-order valence-electron chi connectivity index (χ4n) is 1.72. The van der Waals surface area contributed by atoms with Crippen LogP contribution in [0.3, 0.4) is 0 Å². The SMILES string of the molecule is COc1ccccc1N(NC(=O)OC(C)(C)C)C(=O)OC(C)(C)C. The molecule has 0 heterocycles. The summed E-state index contributed by atoms with van der Waals surface area (Å²) in [6.45, 7) is 10.4. The summed E-state index contributed by atoms with van der Waals surface area (Å²) >= 11 is 0. The van der Waals surface area contributed by atoms with E-state index in [2.05, 4.69) is 5.43 Å². The largest absolute Gasteiger partial charge is 0.494 e. The first-order chi connectivity index (χ1) is 10.9. The van der Waals surface area contributed by atoms with Crippen LogP contribution in [0.15, 0.2) is 24.3 Å². The smallest absolute Gasteiger partial charge is 0.434 e. The van der Waals surface area contributed by atoms with Gasteiger partial charge in [-0.3, -0.25) is 0 Å². The summed E-state index contributed by atoms with van der Waals surface area (Å²) in [7, 11) is 1.47. The molecular weight excluding hydrogens is 312 g/mol. The maximum atomic E-state index is 12.5. The average molecular weight is 338 g/mol. The van der Waals surface area contributed by atoms with Gasteiger partial charge in [0, 0.05) is 0 Å². The van der Waals surface area contributed by atoms with Crippen molar-refractivity contribution >= 4 is 17.9 Å². The summed E-state index contributed by atoms with van der Waals surface area (Å²) in [5.41, 5.74) is 1.30. The molecule has 0 bridgehead atoms. The molecular formula is C17H26N2O5. The Hall–Kier alpha value is -2.44. The third kappa shape index (κ3) is 6.36. The monoisotopic (exact) mass is 338 g/mol. The predicted octanol–water partition coefficient (Wildman–Crippen LogP) is 3.88. The quantitative estimate of drug-likeness (QED) is 0.828. The van der Waals surface area contributed by atoms with Gasteiger partial charge >= 0.3 is 12.2 Å². The lowest BCUT2D eigenvalue weighted by Gasteiger charge is -2.29. The van der Waals surface area contributed by atoms with Crippen molar-refractivity contribution in [3.8, 4) is 5.75 Å². The van der Waals surface area contributed by atoms with Crippen molar-refractivity contribution in [2.24, 2.45) is 0 Å². The van der Waals surface area contributed by atoms with Crippen molar-refractivity contribution < 1.29 is 23.8 Å². The molecule has 0 spiro atoms. The van der Waals surface area contributed by atoms with E-state index in [0.29, 0.717) is 11.4 Å². The summed E-state index contributed by atoms with van der Waals surface area (Å²) in [4.78, 5) is 24.6. The predicted molar refractivity (Wildman–Crippen MR) is 91.1 cm³/mol. The van der Waals surface area contributed by atoms with Gasteiger partial charge in [0.2, 0.25) is 0 Å². The standard InChI is InChI=1S/C17H26N2O5/c1-16(2,3)23-14(20)18-19(15(21)24-17(4,5)6)12-10-8-9-11-13(12)22-7/h8-11H,1-7H3,(H,18,20). The molecule has 0 atom stereocenters. The van der Waals surface area contributed by atoms with Gasteiger partial charge in [-0.2, -0.15) is 5.01 Å². The highest BCUT2D eigenvalue weighted by Gasteiger charge is 2.28. The lowest BCUT2D eigenvalue weighted by molar-refractivity contribution is 0.0424. The fraction of sp³-hybridized carbons (Fsp3) is 0.529. The van der Waals surface area contributed by atoms with E-state index in [0.717, 1.165) is 5.01 Å². The van der Waals surface area contributed by atoms with Crippen molar-refractivity contribution in [3.05, 3.63) is 24.3 Å². The molecule has 1 N–H and O–H groups in total. The molecule has 0 saturated carbocycles. The van der Waals surface area contributed by atoms with Crippen molar-refractivity contribution in [1.29, 1.82) is 0 Å². The van der Waals surface area contributed by atoms with Gasteiger partial charge < -0.3 is 14.2 Å². The average Bonchev–Trinajstić information content (AvgIpc) is 2.41. The molecule has 0 aliphatic rings. The van der Waals surface area contributed by atoms with Gasteiger partial charge in [0.05, 0.1) is 7.11 Å². The minimum atomic E-state index is -0.778. The minimum absolute atomic E-state index is 0.333. The van der Waals surface area contributed by atoms with Crippen LogP contribution in [0.1, 0.15) is 41.5 Å². The van der Waals surface area contributed by atoms with Gasteiger partial charge in [-0.15, -0.1) is 0 Å². The van der Waals surface area contributed by atoms with Crippen LogP contribution in [-0.4, -0.2) is 30.5 Å². The molecule has 2 amide bonds. The highest BCUT2D eigenvalue weighted by Crippen LogP contribution is 2.28. The number of methoxy groups -OCH3 is 1. The lowest BCUT2D eigenvalue weighted by atomic mass is 10.2. The number of hydrazine groups is 1. The van der Waals surface area contributed by atoms with Crippen LogP contribution in [0.2, 0.25) is 0 Å². The summed E-state index contributed by atoms with van der Waals surface area (Å²) in [5, 5.41) is 0.970. The van der Waals surface area contributed by atoms with E-state index in [4.69, 9.17) is 14.2 Å². The van der Waals surface area contributed by atoms with E-state index in [1.165, 1.54) is 7.11 Å². The number of ether oxygens (including phenoxy) is 3. The van der Waals surface area contributed by atoms with Gasteiger partial charge in [0.15, 0.2) is 0 Å². The normalized spacial score (nSPS) is 11.5. The van der Waals surface area contributed by atoms with Gasteiger partial charge in [-0.05, 0) is 53.7 Å². The van der Waals surface area contributed by atoms with Gasteiger partial charge in [0.1, 0.15) is 22.6 Å². The highest BCUT2D eigenvalue weighted by molar-refractivity contribution is 5.92. The molecule has 1 rings (SSSR count). The Bertz CT molecular complexity index is 587. The number of hydrogen-bond acceptors (Lipinski definition) is 5. The van der Waals surface area contributed by atoms with Crippen LogP contribution in [-0.2, 0) is 9.47 Å². The Labute approximate surface area is 142 Å². The van der Waals surface area contributed by atoms with E-state index in [1.807, 2.05) is 0 Å². The number of benzene rings is 1. The lowest BCUT2D eigenvalue weighted by Crippen LogP contribution is -2.50. The summed E-state index contributed by atoms with van der Waals surface area (Å²) < 4.78 is 15.8. The summed E-state index contributed by atoms with van der Waals surface area (Å²) in [6.07, 6.45) is -1.53. The molecule has 0 aliphatic carbocycles. The third-order valence-corrected chi connectivity index (χ3v) is 2.50. The van der Waals surface area contributed by atoms with Gasteiger partial charge in [0.25, 0.3) is 0 Å². The number of nitrogens with one attached hydrogen (secondary N) is 1. The van der Waals surface area contributed by atoms with Crippen molar-refractivity contribution in [2.45, 2.75) is 52.7 Å². The number of rotatable bonds is 2. The van der Waals surface area contributed by atoms with Gasteiger partial charge in [-0.25, -0.2) is 15.0 Å².